The van der Waals surface area contributed by atoms with Crippen LogP contribution in [0.3, 0.4) is 0 Å². The second-order valence-electron chi connectivity index (χ2n) is 5.36. The Morgan fingerprint density at radius 3 is 2.74 bits per heavy atom. The summed E-state index contributed by atoms with van der Waals surface area (Å²) >= 11 is 5.96. The third-order valence-electron chi connectivity index (χ3n) is 3.70. The largest absolute Gasteiger partial charge is 0.492 e. The summed E-state index contributed by atoms with van der Waals surface area (Å²) < 4.78 is 10.7. The van der Waals surface area contributed by atoms with Gasteiger partial charge >= 0.3 is 5.97 Å². The predicted octanol–water partition coefficient (Wildman–Crippen LogP) is 3.32. The molecule has 0 radical (unpaired) electrons. The lowest BCUT2D eigenvalue weighted by Gasteiger charge is -2.24. The summed E-state index contributed by atoms with van der Waals surface area (Å²) in [5, 5.41) is 0.598. The highest BCUT2D eigenvalue weighted by Gasteiger charge is 2.28. The van der Waals surface area contributed by atoms with Gasteiger partial charge in [0.05, 0.1) is 5.92 Å². The van der Waals surface area contributed by atoms with Crippen LogP contribution in [0.4, 0.5) is 0 Å². The highest BCUT2D eigenvalue weighted by Crippen LogP contribution is 2.30. The van der Waals surface area contributed by atoms with E-state index in [1.165, 1.54) is 0 Å². The molecule has 0 fully saturated rings. The second-order valence-corrected chi connectivity index (χ2v) is 5.80. The summed E-state index contributed by atoms with van der Waals surface area (Å²) in [4.78, 5) is 24.1. The van der Waals surface area contributed by atoms with Crippen molar-refractivity contribution in [3.63, 3.8) is 0 Å². The van der Waals surface area contributed by atoms with E-state index in [1.54, 1.807) is 42.5 Å². The van der Waals surface area contributed by atoms with E-state index < -0.39 is 11.9 Å². The molecule has 1 aliphatic heterocycles. The molecule has 0 unspecified atom stereocenters. The fourth-order valence-corrected chi connectivity index (χ4v) is 2.67. The van der Waals surface area contributed by atoms with Gasteiger partial charge in [-0.2, -0.15) is 0 Å². The molecule has 0 aromatic heterocycles. The third kappa shape index (κ3) is 3.71. The molecule has 118 valence electrons. The first-order valence-electron chi connectivity index (χ1n) is 7.29. The number of esters is 1. The van der Waals surface area contributed by atoms with Crippen LogP contribution in [0.2, 0.25) is 5.02 Å². The lowest BCUT2D eigenvalue weighted by Crippen LogP contribution is -2.31. The Balaban J connectivity index is 1.58. The molecule has 3 rings (SSSR count). The van der Waals surface area contributed by atoms with Crippen molar-refractivity contribution in [3.8, 4) is 5.75 Å². The first-order chi connectivity index (χ1) is 11.1. The molecular weight excluding hydrogens is 316 g/mol. The van der Waals surface area contributed by atoms with E-state index in [4.69, 9.17) is 21.1 Å². The maximum Gasteiger partial charge on any atom is 0.313 e. The maximum absolute atomic E-state index is 12.1. The number of hydrogen-bond acceptors (Lipinski definition) is 4. The zero-order valence-corrected chi connectivity index (χ0v) is 13.1. The Kier molecular flexibility index (Phi) is 4.63. The van der Waals surface area contributed by atoms with E-state index in [2.05, 4.69) is 0 Å². The van der Waals surface area contributed by atoms with Gasteiger partial charge in [-0.25, -0.2) is 0 Å². The van der Waals surface area contributed by atoms with Crippen LogP contribution in [0.5, 0.6) is 5.75 Å². The van der Waals surface area contributed by atoms with E-state index in [0.29, 0.717) is 17.0 Å². The lowest BCUT2D eigenvalue weighted by atomic mass is 9.97. The molecule has 2 aromatic carbocycles. The van der Waals surface area contributed by atoms with Crippen LogP contribution in [0.15, 0.2) is 48.5 Å². The van der Waals surface area contributed by atoms with Crippen LogP contribution < -0.4 is 4.74 Å². The van der Waals surface area contributed by atoms with Gasteiger partial charge in [0.25, 0.3) is 0 Å². The van der Waals surface area contributed by atoms with Crippen LogP contribution in [-0.4, -0.2) is 25.0 Å². The molecule has 1 atom stereocenters. The predicted molar refractivity (Wildman–Crippen MR) is 85.9 cm³/mol. The minimum atomic E-state index is -0.431. The molecular formula is C18H15ClO4. The van der Waals surface area contributed by atoms with Crippen LogP contribution in [0.1, 0.15) is 15.9 Å². The van der Waals surface area contributed by atoms with Crippen molar-refractivity contribution in [2.75, 3.05) is 13.2 Å². The van der Waals surface area contributed by atoms with E-state index in [9.17, 15) is 9.59 Å². The van der Waals surface area contributed by atoms with Gasteiger partial charge in [0.15, 0.2) is 12.4 Å². The number of halogens is 1. The Morgan fingerprint density at radius 2 is 1.96 bits per heavy atom. The summed E-state index contributed by atoms with van der Waals surface area (Å²) in [6.07, 6.45) is 0.494. The quantitative estimate of drug-likeness (QED) is 0.637. The van der Waals surface area contributed by atoms with Gasteiger partial charge in [0, 0.05) is 10.6 Å². The zero-order valence-electron chi connectivity index (χ0n) is 12.3. The second kappa shape index (κ2) is 6.84. The number of carbonyl (C=O) groups is 2. The van der Waals surface area contributed by atoms with Crippen molar-refractivity contribution in [1.29, 1.82) is 0 Å². The number of benzene rings is 2. The van der Waals surface area contributed by atoms with Crippen molar-refractivity contribution < 1.29 is 19.1 Å². The normalized spacial score (nSPS) is 16.1. The van der Waals surface area contributed by atoms with Crippen molar-refractivity contribution in [3.05, 3.63) is 64.7 Å². The number of Topliss-reactive ketones (excluding diaryl/α,β-unsaturated/α-hetero) is 1. The smallest absolute Gasteiger partial charge is 0.313 e. The Morgan fingerprint density at radius 1 is 1.17 bits per heavy atom. The number of hydrogen-bond donors (Lipinski definition) is 0. The summed E-state index contributed by atoms with van der Waals surface area (Å²) in [6.45, 7) is -0.0191. The first kappa shape index (κ1) is 15.6. The molecule has 0 N–H and O–H groups in total. The van der Waals surface area contributed by atoms with Gasteiger partial charge in [-0.05, 0) is 30.2 Å². The molecule has 5 heteroatoms. The summed E-state index contributed by atoms with van der Waals surface area (Å²) in [5.74, 6) is -0.345. The van der Waals surface area contributed by atoms with Crippen LogP contribution >= 0.6 is 11.6 Å². The molecule has 0 aliphatic carbocycles. The van der Waals surface area contributed by atoms with E-state index in [1.807, 2.05) is 6.07 Å². The lowest BCUT2D eigenvalue weighted by molar-refractivity contribution is -0.148. The summed E-state index contributed by atoms with van der Waals surface area (Å²) in [5.41, 5.74) is 1.40. The SMILES string of the molecule is O=C(COC(=O)[C@@H]1COc2ccc(Cl)cc2C1)c1ccccc1. The van der Waals surface area contributed by atoms with Gasteiger partial charge in [-0.1, -0.05) is 41.9 Å². The number of rotatable bonds is 4. The topological polar surface area (TPSA) is 52.6 Å². The standard InChI is InChI=1S/C18H15ClO4/c19-15-6-7-17-13(9-15)8-14(10-22-17)18(21)23-11-16(20)12-4-2-1-3-5-12/h1-7,9,14H,8,10-11H2/t14-/m0/s1. The van der Waals surface area contributed by atoms with E-state index >= 15 is 0 Å². The highest BCUT2D eigenvalue weighted by molar-refractivity contribution is 6.30. The van der Waals surface area contributed by atoms with Gasteiger partial charge < -0.3 is 9.47 Å². The van der Waals surface area contributed by atoms with E-state index in [0.717, 1.165) is 11.3 Å². The maximum atomic E-state index is 12.1. The zero-order chi connectivity index (χ0) is 16.2. The van der Waals surface area contributed by atoms with Crippen LogP contribution in [0.25, 0.3) is 0 Å². The molecule has 0 amide bonds. The summed E-state index contributed by atoms with van der Waals surface area (Å²) in [7, 11) is 0. The Hall–Kier alpha value is -2.33. The van der Waals surface area contributed by atoms with Crippen molar-refractivity contribution in [2.45, 2.75) is 6.42 Å². The van der Waals surface area contributed by atoms with Gasteiger partial charge in [-0.15, -0.1) is 0 Å². The molecule has 1 heterocycles. The number of fused-ring (bicyclic) bond motifs is 1. The fraction of sp³-hybridized carbons (Fsp3) is 0.222. The third-order valence-corrected chi connectivity index (χ3v) is 3.94. The van der Waals surface area contributed by atoms with Gasteiger partial charge in [0.1, 0.15) is 12.4 Å². The Labute approximate surface area is 139 Å². The highest BCUT2D eigenvalue weighted by atomic mass is 35.5. The summed E-state index contributed by atoms with van der Waals surface area (Å²) in [6, 6.07) is 14.1. The fourth-order valence-electron chi connectivity index (χ4n) is 2.48. The van der Waals surface area contributed by atoms with Crippen molar-refractivity contribution >= 4 is 23.4 Å². The average Bonchev–Trinajstić information content (AvgIpc) is 2.59. The molecule has 0 saturated carbocycles. The molecule has 0 spiro atoms. The van der Waals surface area contributed by atoms with Crippen LogP contribution in [0, 0.1) is 5.92 Å². The van der Waals surface area contributed by atoms with Crippen LogP contribution in [-0.2, 0) is 16.0 Å². The average molecular weight is 331 g/mol. The minimum Gasteiger partial charge on any atom is -0.492 e. The first-order valence-corrected chi connectivity index (χ1v) is 7.67. The van der Waals surface area contributed by atoms with E-state index in [-0.39, 0.29) is 19.0 Å². The van der Waals surface area contributed by atoms with Gasteiger partial charge in [-0.3, -0.25) is 9.59 Å². The molecule has 0 bridgehead atoms. The minimum absolute atomic E-state index is 0.223. The number of ketones is 1. The molecule has 23 heavy (non-hydrogen) atoms. The van der Waals surface area contributed by atoms with Crippen molar-refractivity contribution in [1.82, 2.24) is 0 Å². The molecule has 0 saturated heterocycles. The molecule has 4 nitrogen and oxygen atoms in total. The van der Waals surface area contributed by atoms with Crippen molar-refractivity contribution in [2.24, 2.45) is 5.92 Å². The number of ether oxygens (including phenoxy) is 2. The number of carbonyl (C=O) groups excluding carboxylic acids is 2. The molecule has 2 aromatic rings. The Bertz CT molecular complexity index is 727. The molecule has 1 aliphatic rings. The van der Waals surface area contributed by atoms with Gasteiger partial charge in [0.2, 0.25) is 0 Å². The monoisotopic (exact) mass is 330 g/mol.